The molecule has 0 radical (unpaired) electrons. The van der Waals surface area contributed by atoms with Gasteiger partial charge in [0.05, 0.1) is 4.92 Å². The van der Waals surface area contributed by atoms with E-state index in [1.165, 1.54) is 12.1 Å². The Hall–Kier alpha value is -2.54. The van der Waals surface area contributed by atoms with Crippen molar-refractivity contribution in [2.45, 2.75) is 5.33 Å². The third kappa shape index (κ3) is 2.75. The molecule has 1 aromatic heterocycles. The second-order valence-corrected chi connectivity index (χ2v) is 5.07. The second kappa shape index (κ2) is 6.07. The number of benzene rings is 2. The molecule has 3 aromatic rings. The Bertz CT molecular complexity index is 832. The van der Waals surface area contributed by atoms with Gasteiger partial charge in [0, 0.05) is 28.6 Å². The molecule has 0 aliphatic heterocycles. The van der Waals surface area contributed by atoms with Gasteiger partial charge in [0.25, 0.3) is 5.69 Å². The van der Waals surface area contributed by atoms with Gasteiger partial charge in [-0.15, -0.1) is 10.2 Å². The molecule has 0 spiro atoms. The summed E-state index contributed by atoms with van der Waals surface area (Å²) in [4.78, 5) is 10.4. The first kappa shape index (κ1) is 14.4. The Labute approximate surface area is 134 Å². The van der Waals surface area contributed by atoms with Crippen LogP contribution in [-0.2, 0) is 5.33 Å². The summed E-state index contributed by atoms with van der Waals surface area (Å²) in [6.45, 7) is 0. The van der Waals surface area contributed by atoms with Gasteiger partial charge in [0.15, 0.2) is 0 Å². The number of aromatic nitrogens is 2. The number of alkyl halides is 1. The average Bonchev–Trinajstić information content (AvgIpc) is 3.04. The number of halogens is 1. The lowest BCUT2D eigenvalue weighted by atomic mass is 10.1. The van der Waals surface area contributed by atoms with E-state index < -0.39 is 4.92 Å². The van der Waals surface area contributed by atoms with E-state index in [4.69, 9.17) is 4.42 Å². The largest absolute Gasteiger partial charge is 0.416 e. The Morgan fingerprint density at radius 2 is 1.86 bits per heavy atom. The molecule has 0 atom stereocenters. The van der Waals surface area contributed by atoms with Gasteiger partial charge >= 0.3 is 0 Å². The maximum atomic E-state index is 10.8. The average molecular weight is 360 g/mol. The molecule has 0 amide bonds. The monoisotopic (exact) mass is 359 g/mol. The molecule has 7 heteroatoms. The highest BCUT2D eigenvalue weighted by molar-refractivity contribution is 9.08. The highest BCUT2D eigenvalue weighted by atomic mass is 79.9. The topological polar surface area (TPSA) is 82.1 Å². The van der Waals surface area contributed by atoms with Crippen molar-refractivity contribution in [1.82, 2.24) is 10.2 Å². The number of hydrogen-bond donors (Lipinski definition) is 0. The highest BCUT2D eigenvalue weighted by Crippen LogP contribution is 2.28. The molecule has 0 aliphatic carbocycles. The lowest BCUT2D eigenvalue weighted by Crippen LogP contribution is -1.88. The first-order valence-electron chi connectivity index (χ1n) is 6.41. The first-order valence-corrected chi connectivity index (χ1v) is 7.54. The summed E-state index contributed by atoms with van der Waals surface area (Å²) in [5.74, 6) is 0.639. The van der Waals surface area contributed by atoms with E-state index in [1.54, 1.807) is 12.1 Å². The Morgan fingerprint density at radius 3 is 2.64 bits per heavy atom. The molecule has 6 nitrogen and oxygen atoms in total. The summed E-state index contributed by atoms with van der Waals surface area (Å²) >= 11 is 3.42. The van der Waals surface area contributed by atoms with Crippen molar-refractivity contribution in [1.29, 1.82) is 0 Å². The molecule has 0 aliphatic rings. The van der Waals surface area contributed by atoms with Gasteiger partial charge in [-0.2, -0.15) is 0 Å². The maximum Gasteiger partial charge on any atom is 0.270 e. The minimum atomic E-state index is -0.457. The molecule has 3 rings (SSSR count). The number of nitrogens with zero attached hydrogens (tertiary/aromatic N) is 3. The van der Waals surface area contributed by atoms with Crippen molar-refractivity contribution in [2.75, 3.05) is 0 Å². The zero-order valence-corrected chi connectivity index (χ0v) is 12.9. The SMILES string of the molecule is O=[N+]([O-])c1cccc(-c2nnc(-c3ccccc3CBr)o2)c1. The van der Waals surface area contributed by atoms with Crippen molar-refractivity contribution in [2.24, 2.45) is 0 Å². The van der Waals surface area contributed by atoms with Crippen molar-refractivity contribution in [3.63, 3.8) is 0 Å². The molecule has 0 N–H and O–H groups in total. The van der Waals surface area contributed by atoms with Crippen LogP contribution in [-0.4, -0.2) is 15.1 Å². The van der Waals surface area contributed by atoms with Crippen LogP contribution in [0.1, 0.15) is 5.56 Å². The number of hydrogen-bond acceptors (Lipinski definition) is 5. The van der Waals surface area contributed by atoms with Crippen LogP contribution in [0.3, 0.4) is 0 Å². The van der Waals surface area contributed by atoms with Gasteiger partial charge < -0.3 is 4.42 Å². The molecule has 0 bridgehead atoms. The van der Waals surface area contributed by atoms with Gasteiger partial charge in [-0.05, 0) is 17.7 Å². The molecule has 2 aromatic carbocycles. The normalized spacial score (nSPS) is 10.6. The minimum absolute atomic E-state index is 0.0156. The summed E-state index contributed by atoms with van der Waals surface area (Å²) in [6, 6.07) is 13.8. The molecular formula is C15H10BrN3O3. The molecular weight excluding hydrogens is 350 g/mol. The van der Waals surface area contributed by atoms with Gasteiger partial charge in [0.2, 0.25) is 11.8 Å². The minimum Gasteiger partial charge on any atom is -0.416 e. The third-order valence-corrected chi connectivity index (χ3v) is 3.72. The first-order chi connectivity index (χ1) is 10.7. The molecule has 0 unspecified atom stereocenters. The van der Waals surface area contributed by atoms with E-state index in [2.05, 4.69) is 26.1 Å². The van der Waals surface area contributed by atoms with Crippen LogP contribution < -0.4 is 0 Å². The lowest BCUT2D eigenvalue weighted by molar-refractivity contribution is -0.384. The summed E-state index contributed by atoms with van der Waals surface area (Å²) in [7, 11) is 0. The van der Waals surface area contributed by atoms with E-state index in [0.29, 0.717) is 16.8 Å². The number of rotatable bonds is 4. The maximum absolute atomic E-state index is 10.8. The van der Waals surface area contributed by atoms with Crippen LogP contribution in [0.15, 0.2) is 52.9 Å². The van der Waals surface area contributed by atoms with E-state index in [1.807, 2.05) is 24.3 Å². The lowest BCUT2D eigenvalue weighted by Gasteiger charge is -2.01. The summed E-state index contributed by atoms with van der Waals surface area (Å²) in [5.41, 5.74) is 2.36. The van der Waals surface area contributed by atoms with Crippen molar-refractivity contribution < 1.29 is 9.34 Å². The van der Waals surface area contributed by atoms with E-state index in [9.17, 15) is 10.1 Å². The molecule has 1 heterocycles. The quantitative estimate of drug-likeness (QED) is 0.396. The molecule has 0 fully saturated rings. The van der Waals surface area contributed by atoms with Crippen molar-refractivity contribution in [3.05, 3.63) is 64.2 Å². The van der Waals surface area contributed by atoms with Crippen LogP contribution in [0, 0.1) is 10.1 Å². The standard InChI is InChI=1S/C15H10BrN3O3/c16-9-11-4-1-2-7-13(11)15-18-17-14(22-15)10-5-3-6-12(8-10)19(20)21/h1-8H,9H2. The van der Waals surface area contributed by atoms with Gasteiger partial charge in [-0.3, -0.25) is 10.1 Å². The van der Waals surface area contributed by atoms with E-state index >= 15 is 0 Å². The Morgan fingerprint density at radius 1 is 1.09 bits per heavy atom. The molecule has 0 saturated carbocycles. The van der Waals surface area contributed by atoms with Crippen molar-refractivity contribution in [3.8, 4) is 22.9 Å². The van der Waals surface area contributed by atoms with E-state index in [0.717, 1.165) is 11.1 Å². The van der Waals surface area contributed by atoms with E-state index in [-0.39, 0.29) is 11.6 Å². The Balaban J connectivity index is 2.01. The summed E-state index contributed by atoms with van der Waals surface area (Å²) in [6.07, 6.45) is 0. The van der Waals surface area contributed by atoms with Gasteiger partial charge in [0.1, 0.15) is 0 Å². The fraction of sp³-hybridized carbons (Fsp3) is 0.0667. The highest BCUT2D eigenvalue weighted by Gasteiger charge is 2.15. The smallest absolute Gasteiger partial charge is 0.270 e. The molecule has 110 valence electrons. The zero-order chi connectivity index (χ0) is 15.5. The van der Waals surface area contributed by atoms with Crippen molar-refractivity contribution >= 4 is 21.6 Å². The van der Waals surface area contributed by atoms with Crippen LogP contribution in [0.2, 0.25) is 0 Å². The summed E-state index contributed by atoms with van der Waals surface area (Å²) in [5, 5.41) is 19.5. The zero-order valence-electron chi connectivity index (χ0n) is 11.3. The van der Waals surface area contributed by atoms with Crippen LogP contribution in [0.5, 0.6) is 0 Å². The predicted molar refractivity (Wildman–Crippen MR) is 84.5 cm³/mol. The number of nitro benzene ring substituents is 1. The fourth-order valence-corrected chi connectivity index (χ4v) is 2.54. The molecule has 0 saturated heterocycles. The summed E-state index contributed by atoms with van der Waals surface area (Å²) < 4.78 is 5.67. The van der Waals surface area contributed by atoms with Crippen LogP contribution in [0.4, 0.5) is 5.69 Å². The number of nitro groups is 1. The van der Waals surface area contributed by atoms with Crippen LogP contribution >= 0.6 is 15.9 Å². The second-order valence-electron chi connectivity index (χ2n) is 4.51. The predicted octanol–water partition coefficient (Wildman–Crippen LogP) is 4.21. The number of non-ortho nitro benzene ring substituents is 1. The van der Waals surface area contributed by atoms with Gasteiger partial charge in [-0.25, -0.2) is 0 Å². The third-order valence-electron chi connectivity index (χ3n) is 3.12. The van der Waals surface area contributed by atoms with Gasteiger partial charge in [-0.1, -0.05) is 40.2 Å². The fourth-order valence-electron chi connectivity index (χ4n) is 2.05. The molecule has 22 heavy (non-hydrogen) atoms. The Kier molecular flexibility index (Phi) is 3.97. The van der Waals surface area contributed by atoms with Crippen LogP contribution in [0.25, 0.3) is 22.9 Å².